The van der Waals surface area contributed by atoms with Crippen LogP contribution in [0.5, 0.6) is 11.5 Å². The third-order valence-electron chi connectivity index (χ3n) is 4.52. The number of hydrogen-bond donors (Lipinski definition) is 1. The molecular formula is C17H24N2O4. The maximum absolute atomic E-state index is 12.2. The quantitative estimate of drug-likeness (QED) is 0.853. The maximum Gasteiger partial charge on any atom is 0.231 e. The number of benzene rings is 1. The highest BCUT2D eigenvalue weighted by atomic mass is 16.7. The van der Waals surface area contributed by atoms with Crippen LogP contribution in [-0.4, -0.2) is 56.5 Å². The van der Waals surface area contributed by atoms with Crippen LogP contribution in [0.3, 0.4) is 0 Å². The first-order chi connectivity index (χ1) is 11.2. The van der Waals surface area contributed by atoms with Gasteiger partial charge >= 0.3 is 0 Å². The lowest BCUT2D eigenvalue weighted by molar-refractivity contribution is -0.122. The molecule has 1 amide bonds. The van der Waals surface area contributed by atoms with Gasteiger partial charge in [0.05, 0.1) is 12.1 Å². The van der Waals surface area contributed by atoms with E-state index in [0.717, 1.165) is 36.7 Å². The van der Waals surface area contributed by atoms with Gasteiger partial charge in [-0.1, -0.05) is 13.0 Å². The second-order valence-corrected chi connectivity index (χ2v) is 5.99. The number of nitrogens with one attached hydrogen (secondary N) is 1. The lowest BCUT2D eigenvalue weighted by atomic mass is 10.1. The molecule has 0 unspecified atom stereocenters. The monoisotopic (exact) mass is 320 g/mol. The van der Waals surface area contributed by atoms with E-state index in [4.69, 9.17) is 14.2 Å². The molecule has 1 saturated heterocycles. The molecule has 2 heterocycles. The van der Waals surface area contributed by atoms with Crippen LogP contribution in [0.2, 0.25) is 0 Å². The number of likely N-dealkylation sites (tertiary alicyclic amines) is 1. The van der Waals surface area contributed by atoms with Crippen LogP contribution in [-0.2, 0) is 16.0 Å². The molecule has 0 aliphatic carbocycles. The zero-order chi connectivity index (χ0) is 16.2. The highest BCUT2D eigenvalue weighted by Gasteiger charge is 2.32. The van der Waals surface area contributed by atoms with Crippen molar-refractivity contribution in [2.45, 2.75) is 31.9 Å². The van der Waals surface area contributed by atoms with Crippen LogP contribution in [0.15, 0.2) is 18.2 Å². The highest BCUT2D eigenvalue weighted by Crippen LogP contribution is 2.32. The molecule has 0 aromatic heterocycles. The van der Waals surface area contributed by atoms with Crippen molar-refractivity contribution in [2.75, 3.05) is 33.5 Å². The van der Waals surface area contributed by atoms with E-state index in [-0.39, 0.29) is 24.8 Å². The summed E-state index contributed by atoms with van der Waals surface area (Å²) >= 11 is 0. The number of likely N-dealkylation sites (N-methyl/N-ethyl adjacent to an activating group) is 1. The number of hydrogen-bond acceptors (Lipinski definition) is 5. The molecule has 1 fully saturated rings. The van der Waals surface area contributed by atoms with Crippen LogP contribution < -0.4 is 14.8 Å². The fraction of sp³-hybridized carbons (Fsp3) is 0.588. The molecule has 6 nitrogen and oxygen atoms in total. The van der Waals surface area contributed by atoms with Crippen molar-refractivity contribution in [3.63, 3.8) is 0 Å². The predicted molar refractivity (Wildman–Crippen MR) is 85.7 cm³/mol. The Labute approximate surface area is 136 Å². The second kappa shape index (κ2) is 7.19. The largest absolute Gasteiger partial charge is 0.454 e. The molecule has 2 atom stereocenters. The van der Waals surface area contributed by atoms with E-state index in [1.807, 2.05) is 18.2 Å². The summed E-state index contributed by atoms with van der Waals surface area (Å²) in [4.78, 5) is 14.5. The fourth-order valence-electron chi connectivity index (χ4n) is 3.12. The molecular weight excluding hydrogens is 296 g/mol. The second-order valence-electron chi connectivity index (χ2n) is 5.99. The topological polar surface area (TPSA) is 60.0 Å². The van der Waals surface area contributed by atoms with Crippen molar-refractivity contribution in [3.05, 3.63) is 23.8 Å². The summed E-state index contributed by atoms with van der Waals surface area (Å²) < 4.78 is 16.1. The van der Waals surface area contributed by atoms with Gasteiger partial charge in [-0.15, -0.1) is 0 Å². The number of ether oxygens (including phenoxy) is 3. The highest BCUT2D eigenvalue weighted by molar-refractivity contribution is 5.76. The Balaban J connectivity index is 1.49. The Hall–Kier alpha value is -1.79. The number of methoxy groups -OCH3 is 1. The van der Waals surface area contributed by atoms with Gasteiger partial charge in [-0.25, -0.2) is 0 Å². The summed E-state index contributed by atoms with van der Waals surface area (Å²) in [7, 11) is 1.70. The standard InChI is InChI=1S/C17H24N2O4/c1-3-19-9-13(16(10-19)21-2)18-17(20)7-5-12-4-6-14-15(8-12)23-11-22-14/h4,6,8,13,16H,3,5,7,9-11H2,1-2H3,(H,18,20)/t13-,16-/m0/s1. The smallest absolute Gasteiger partial charge is 0.231 e. The lowest BCUT2D eigenvalue weighted by Crippen LogP contribution is -2.43. The summed E-state index contributed by atoms with van der Waals surface area (Å²) in [5.74, 6) is 1.59. The average Bonchev–Trinajstić information content (AvgIpc) is 3.18. The van der Waals surface area contributed by atoms with E-state index < -0.39 is 0 Å². The molecule has 1 aromatic rings. The summed E-state index contributed by atoms with van der Waals surface area (Å²) in [5.41, 5.74) is 1.08. The molecule has 0 radical (unpaired) electrons. The maximum atomic E-state index is 12.2. The Bertz CT molecular complexity index is 564. The molecule has 0 spiro atoms. The molecule has 3 rings (SSSR count). The first-order valence-corrected chi connectivity index (χ1v) is 8.12. The van der Waals surface area contributed by atoms with Crippen molar-refractivity contribution in [1.82, 2.24) is 10.2 Å². The summed E-state index contributed by atoms with van der Waals surface area (Å²) in [6.45, 7) is 5.10. The van der Waals surface area contributed by atoms with Crippen LogP contribution >= 0.6 is 0 Å². The van der Waals surface area contributed by atoms with Crippen LogP contribution in [0.25, 0.3) is 0 Å². The van der Waals surface area contributed by atoms with E-state index in [1.54, 1.807) is 7.11 Å². The van der Waals surface area contributed by atoms with Crippen molar-refractivity contribution in [2.24, 2.45) is 0 Å². The van der Waals surface area contributed by atoms with E-state index in [1.165, 1.54) is 0 Å². The van der Waals surface area contributed by atoms with Gasteiger partial charge in [0.15, 0.2) is 11.5 Å². The molecule has 1 N–H and O–H groups in total. The minimum Gasteiger partial charge on any atom is -0.454 e. The molecule has 126 valence electrons. The number of rotatable bonds is 6. The van der Waals surface area contributed by atoms with Gasteiger partial charge < -0.3 is 19.5 Å². The average molecular weight is 320 g/mol. The summed E-state index contributed by atoms with van der Waals surface area (Å²) in [6, 6.07) is 5.89. The van der Waals surface area contributed by atoms with Crippen molar-refractivity contribution in [1.29, 1.82) is 0 Å². The van der Waals surface area contributed by atoms with Crippen molar-refractivity contribution >= 4 is 5.91 Å². The van der Waals surface area contributed by atoms with E-state index in [2.05, 4.69) is 17.1 Å². The number of aryl methyl sites for hydroxylation is 1. The molecule has 6 heteroatoms. The van der Waals surface area contributed by atoms with Crippen LogP contribution in [0.4, 0.5) is 0 Å². The zero-order valence-corrected chi connectivity index (χ0v) is 13.7. The van der Waals surface area contributed by atoms with E-state index in [0.29, 0.717) is 12.8 Å². The van der Waals surface area contributed by atoms with E-state index in [9.17, 15) is 4.79 Å². The number of fused-ring (bicyclic) bond motifs is 1. The Morgan fingerprint density at radius 3 is 2.96 bits per heavy atom. The summed E-state index contributed by atoms with van der Waals surface area (Å²) in [6.07, 6.45) is 1.22. The van der Waals surface area contributed by atoms with Crippen LogP contribution in [0, 0.1) is 0 Å². The Morgan fingerprint density at radius 2 is 2.17 bits per heavy atom. The minimum atomic E-state index is 0.0627. The van der Waals surface area contributed by atoms with E-state index >= 15 is 0 Å². The normalized spacial score (nSPS) is 23.2. The zero-order valence-electron chi connectivity index (χ0n) is 13.7. The minimum absolute atomic E-state index is 0.0627. The predicted octanol–water partition coefficient (Wildman–Crippen LogP) is 1.18. The lowest BCUT2D eigenvalue weighted by Gasteiger charge is -2.18. The van der Waals surface area contributed by atoms with Gasteiger partial charge in [-0.05, 0) is 30.7 Å². The van der Waals surface area contributed by atoms with Gasteiger partial charge in [0.1, 0.15) is 0 Å². The molecule has 2 aliphatic heterocycles. The first kappa shape index (κ1) is 16.1. The molecule has 23 heavy (non-hydrogen) atoms. The van der Waals surface area contributed by atoms with Crippen molar-refractivity contribution < 1.29 is 19.0 Å². The molecule has 0 saturated carbocycles. The third-order valence-corrected chi connectivity index (χ3v) is 4.52. The first-order valence-electron chi connectivity index (χ1n) is 8.12. The molecule has 0 bridgehead atoms. The third kappa shape index (κ3) is 3.76. The summed E-state index contributed by atoms with van der Waals surface area (Å²) in [5, 5.41) is 3.11. The Morgan fingerprint density at radius 1 is 1.35 bits per heavy atom. The number of amides is 1. The van der Waals surface area contributed by atoms with Gasteiger partial charge in [-0.2, -0.15) is 0 Å². The van der Waals surface area contributed by atoms with Gasteiger partial charge in [-0.3, -0.25) is 9.69 Å². The van der Waals surface area contributed by atoms with Gasteiger partial charge in [0.2, 0.25) is 12.7 Å². The Kier molecular flexibility index (Phi) is 5.03. The van der Waals surface area contributed by atoms with Crippen molar-refractivity contribution in [3.8, 4) is 11.5 Å². The number of carbonyl (C=O) groups is 1. The SMILES string of the molecule is CCN1C[C@H](NC(=O)CCc2ccc3c(c2)OCO3)[C@@H](OC)C1. The molecule has 1 aromatic carbocycles. The number of carbonyl (C=O) groups excluding carboxylic acids is 1. The number of nitrogens with zero attached hydrogens (tertiary/aromatic N) is 1. The molecule has 2 aliphatic rings. The van der Waals surface area contributed by atoms with Gasteiger partial charge in [0.25, 0.3) is 0 Å². The fourth-order valence-corrected chi connectivity index (χ4v) is 3.12. The van der Waals surface area contributed by atoms with Crippen LogP contribution in [0.1, 0.15) is 18.9 Å². The van der Waals surface area contributed by atoms with Gasteiger partial charge in [0, 0.05) is 26.6 Å².